The Morgan fingerprint density at radius 1 is 1.30 bits per heavy atom. The first-order valence-corrected chi connectivity index (χ1v) is 5.20. The minimum Gasteiger partial charge on any atom is -0.264 e. The fourth-order valence-electron chi connectivity index (χ4n) is 1.38. The molecule has 1 rings (SSSR count). The van der Waals surface area contributed by atoms with Crippen molar-refractivity contribution in [1.29, 1.82) is 0 Å². The molecule has 0 radical (unpaired) electrons. The molecule has 1 aliphatic carbocycles. The van der Waals surface area contributed by atoms with Gasteiger partial charge in [-0.3, -0.25) is 4.72 Å². The second kappa shape index (κ2) is 5.03. The Balaban J connectivity index is 2.02. The summed E-state index contributed by atoms with van der Waals surface area (Å²) in [4.78, 5) is 0. The van der Waals surface area contributed by atoms with Gasteiger partial charge in [0, 0.05) is 11.8 Å². The van der Waals surface area contributed by atoms with Gasteiger partial charge in [-0.2, -0.15) is 0 Å². The van der Waals surface area contributed by atoms with Gasteiger partial charge < -0.3 is 0 Å². The molecule has 1 aliphatic rings. The van der Waals surface area contributed by atoms with E-state index >= 15 is 0 Å². The van der Waals surface area contributed by atoms with E-state index in [9.17, 15) is 0 Å². The third-order valence-corrected chi connectivity index (χ3v) is 3.21. The van der Waals surface area contributed by atoms with Crippen LogP contribution in [0.15, 0.2) is 0 Å². The van der Waals surface area contributed by atoms with Crippen molar-refractivity contribution in [3.63, 3.8) is 0 Å². The molecule has 0 aromatic carbocycles. The van der Waals surface area contributed by atoms with E-state index in [1.165, 1.54) is 32.1 Å². The van der Waals surface area contributed by atoms with Crippen LogP contribution in [0.25, 0.3) is 0 Å². The Morgan fingerprint density at radius 3 is 2.60 bits per heavy atom. The highest BCUT2D eigenvalue weighted by atomic mass is 32.2. The summed E-state index contributed by atoms with van der Waals surface area (Å²) in [5.74, 6) is 0. The zero-order chi connectivity index (χ0) is 7.23. The summed E-state index contributed by atoms with van der Waals surface area (Å²) in [6.45, 7) is 3.26. The maximum absolute atomic E-state index is 3.33. The quantitative estimate of drug-likeness (QED) is 0.635. The van der Waals surface area contributed by atoms with E-state index < -0.39 is 0 Å². The molecule has 1 fully saturated rings. The maximum Gasteiger partial charge on any atom is 0.0193 e. The van der Waals surface area contributed by atoms with Crippen LogP contribution in [0, 0.1) is 0 Å². The van der Waals surface area contributed by atoms with E-state index in [-0.39, 0.29) is 0 Å². The Hall–Kier alpha value is 0.310. The average Bonchev–Trinajstić information content (AvgIpc) is 2.03. The van der Waals surface area contributed by atoms with Crippen LogP contribution in [0.3, 0.4) is 0 Å². The molecule has 2 heteroatoms. The molecule has 0 aliphatic heterocycles. The summed E-state index contributed by atoms with van der Waals surface area (Å²) in [6, 6.07) is 0. The van der Waals surface area contributed by atoms with Gasteiger partial charge in [0.1, 0.15) is 0 Å². The number of hydrogen-bond acceptors (Lipinski definition) is 2. The Kier molecular flexibility index (Phi) is 4.23. The fraction of sp³-hybridized carbons (Fsp3) is 1.00. The first kappa shape index (κ1) is 8.41. The molecule has 60 valence electrons. The monoisotopic (exact) mass is 159 g/mol. The van der Waals surface area contributed by atoms with Crippen LogP contribution in [0.4, 0.5) is 0 Å². The smallest absolute Gasteiger partial charge is 0.0193 e. The highest BCUT2D eigenvalue weighted by Crippen LogP contribution is 2.25. The molecule has 1 nitrogen and oxygen atoms in total. The Morgan fingerprint density at radius 2 is 2.00 bits per heavy atom. The number of rotatable bonds is 3. The molecule has 0 aromatic heterocycles. The standard InChI is InChI=1S/C8H17NS/c1-2-9-10-8-6-4-3-5-7-8/h8-9H,2-7H2,1H3. The van der Waals surface area contributed by atoms with Crippen molar-refractivity contribution in [2.24, 2.45) is 0 Å². The highest BCUT2D eigenvalue weighted by Gasteiger charge is 2.12. The molecule has 0 aromatic rings. The zero-order valence-corrected chi connectivity index (χ0v) is 7.54. The van der Waals surface area contributed by atoms with Gasteiger partial charge in [-0.05, 0) is 12.8 Å². The number of hydrogen-bond donors (Lipinski definition) is 1. The van der Waals surface area contributed by atoms with Crippen molar-refractivity contribution < 1.29 is 0 Å². The van der Waals surface area contributed by atoms with E-state index in [0.29, 0.717) is 0 Å². The van der Waals surface area contributed by atoms with E-state index in [2.05, 4.69) is 11.6 Å². The van der Waals surface area contributed by atoms with Crippen molar-refractivity contribution in [2.45, 2.75) is 44.3 Å². The fourth-order valence-corrected chi connectivity index (χ4v) is 2.36. The predicted molar refractivity (Wildman–Crippen MR) is 48.1 cm³/mol. The van der Waals surface area contributed by atoms with Gasteiger partial charge in [0.25, 0.3) is 0 Å². The Bertz CT molecular complexity index is 79.3. The van der Waals surface area contributed by atoms with Gasteiger partial charge >= 0.3 is 0 Å². The van der Waals surface area contributed by atoms with Crippen LogP contribution >= 0.6 is 11.9 Å². The van der Waals surface area contributed by atoms with Crippen molar-refractivity contribution >= 4 is 11.9 Å². The SMILES string of the molecule is CCNSC1CCCCC1. The second-order valence-electron chi connectivity index (χ2n) is 2.88. The van der Waals surface area contributed by atoms with E-state index in [1.54, 1.807) is 0 Å². The lowest BCUT2D eigenvalue weighted by Crippen LogP contribution is -2.14. The van der Waals surface area contributed by atoms with Crippen molar-refractivity contribution in [2.75, 3.05) is 6.54 Å². The summed E-state index contributed by atoms with van der Waals surface area (Å²) >= 11 is 1.95. The van der Waals surface area contributed by atoms with Gasteiger partial charge in [-0.1, -0.05) is 38.1 Å². The lowest BCUT2D eigenvalue weighted by Gasteiger charge is -2.20. The van der Waals surface area contributed by atoms with Gasteiger partial charge in [-0.25, -0.2) is 0 Å². The summed E-state index contributed by atoms with van der Waals surface area (Å²) in [5, 5.41) is 0.911. The molecule has 0 unspecified atom stereocenters. The van der Waals surface area contributed by atoms with Crippen LogP contribution in [0.2, 0.25) is 0 Å². The molecule has 10 heavy (non-hydrogen) atoms. The largest absolute Gasteiger partial charge is 0.264 e. The van der Waals surface area contributed by atoms with Gasteiger partial charge in [-0.15, -0.1) is 0 Å². The first-order chi connectivity index (χ1) is 4.93. The molecule has 1 N–H and O–H groups in total. The van der Waals surface area contributed by atoms with E-state index in [1.807, 2.05) is 11.9 Å². The minimum atomic E-state index is 0.911. The number of nitrogens with one attached hydrogen (secondary N) is 1. The Labute approximate surface area is 68.1 Å². The molecule has 1 saturated carbocycles. The van der Waals surface area contributed by atoms with Gasteiger partial charge in [0.2, 0.25) is 0 Å². The van der Waals surface area contributed by atoms with Crippen molar-refractivity contribution in [3.8, 4) is 0 Å². The third kappa shape index (κ3) is 2.93. The van der Waals surface area contributed by atoms with Gasteiger partial charge in [0.05, 0.1) is 0 Å². The summed E-state index contributed by atoms with van der Waals surface area (Å²) < 4.78 is 3.33. The van der Waals surface area contributed by atoms with Crippen LogP contribution in [-0.4, -0.2) is 11.8 Å². The third-order valence-electron chi connectivity index (χ3n) is 1.95. The predicted octanol–water partition coefficient (Wildman–Crippen LogP) is 2.58. The van der Waals surface area contributed by atoms with Gasteiger partial charge in [0.15, 0.2) is 0 Å². The molecule has 0 saturated heterocycles. The second-order valence-corrected chi connectivity index (χ2v) is 4.07. The van der Waals surface area contributed by atoms with E-state index in [0.717, 1.165) is 11.8 Å². The van der Waals surface area contributed by atoms with Crippen LogP contribution in [0.5, 0.6) is 0 Å². The summed E-state index contributed by atoms with van der Waals surface area (Å²) in [5.41, 5.74) is 0. The molecule has 0 amide bonds. The average molecular weight is 159 g/mol. The lowest BCUT2D eigenvalue weighted by atomic mass is 10.0. The molecule has 0 atom stereocenters. The molecule has 0 heterocycles. The molecule has 0 bridgehead atoms. The summed E-state index contributed by atoms with van der Waals surface area (Å²) in [6.07, 6.45) is 7.21. The summed E-state index contributed by atoms with van der Waals surface area (Å²) in [7, 11) is 0. The van der Waals surface area contributed by atoms with E-state index in [4.69, 9.17) is 0 Å². The maximum atomic E-state index is 3.33. The van der Waals surface area contributed by atoms with Crippen LogP contribution < -0.4 is 4.72 Å². The van der Waals surface area contributed by atoms with Crippen LogP contribution in [-0.2, 0) is 0 Å². The zero-order valence-electron chi connectivity index (χ0n) is 6.73. The van der Waals surface area contributed by atoms with Crippen LogP contribution in [0.1, 0.15) is 39.0 Å². The van der Waals surface area contributed by atoms with Crippen molar-refractivity contribution in [1.82, 2.24) is 4.72 Å². The van der Waals surface area contributed by atoms with Crippen molar-refractivity contribution in [3.05, 3.63) is 0 Å². The molecular formula is C8H17NS. The highest BCUT2D eigenvalue weighted by molar-refractivity contribution is 7.98. The minimum absolute atomic E-state index is 0.911. The molecule has 0 spiro atoms. The normalized spacial score (nSPS) is 21.3. The molecular weight excluding hydrogens is 142 g/mol. The lowest BCUT2D eigenvalue weighted by molar-refractivity contribution is 0.515. The first-order valence-electron chi connectivity index (χ1n) is 4.32. The topological polar surface area (TPSA) is 12.0 Å².